The summed E-state index contributed by atoms with van der Waals surface area (Å²) in [5.41, 5.74) is 11.6. The van der Waals surface area contributed by atoms with Crippen molar-refractivity contribution in [2.24, 2.45) is 11.5 Å². The number of imide groups is 1. The number of carbonyl (C=O) groups is 2. The maximum absolute atomic E-state index is 12.0. The predicted molar refractivity (Wildman–Crippen MR) is 72.0 cm³/mol. The van der Waals surface area contributed by atoms with Crippen LogP contribution in [-0.4, -0.2) is 34.1 Å². The normalized spacial score (nSPS) is 13.1. The van der Waals surface area contributed by atoms with E-state index in [1.807, 2.05) is 0 Å². The largest absolute Gasteiger partial charge is 1.00 e. The van der Waals surface area contributed by atoms with Crippen LogP contribution in [0.5, 0.6) is 0 Å². The Hall–Kier alpha value is -1.15. The van der Waals surface area contributed by atoms with E-state index in [1.54, 1.807) is 24.3 Å². The average molecular weight is 344 g/mol. The monoisotopic (exact) mass is 343 g/mol. The number of rotatable bonds is 4. The molecule has 2 rings (SSSR count). The second-order valence-corrected chi connectivity index (χ2v) is 5.08. The molecule has 1 aliphatic rings. The van der Waals surface area contributed by atoms with Crippen molar-refractivity contribution in [3.8, 4) is 0 Å². The molecule has 102 valence electrons. The highest BCUT2D eigenvalue weighted by Gasteiger charge is 2.34. The van der Waals surface area contributed by atoms with Crippen LogP contribution in [0.4, 0.5) is 0 Å². The first-order valence-electron chi connectivity index (χ1n) is 5.57. The Morgan fingerprint density at radius 3 is 2.11 bits per heavy atom. The van der Waals surface area contributed by atoms with Crippen LogP contribution >= 0.6 is 0 Å². The molecule has 0 spiro atoms. The van der Waals surface area contributed by atoms with Gasteiger partial charge in [0.25, 0.3) is 11.8 Å². The molecule has 1 aromatic rings. The predicted octanol–water partition coefficient (Wildman–Crippen LogP) is -3.24. The van der Waals surface area contributed by atoms with Gasteiger partial charge in [-0.25, -0.2) is 11.5 Å². The van der Waals surface area contributed by atoms with Crippen LogP contribution in [0.1, 0.15) is 27.1 Å². The van der Waals surface area contributed by atoms with Gasteiger partial charge in [0.15, 0.2) is 5.75 Å². The summed E-state index contributed by atoms with van der Waals surface area (Å²) in [5, 5.41) is 0.303. The molecule has 19 heavy (non-hydrogen) atoms. The smallest absolute Gasteiger partial charge is 0.314 e. The first-order chi connectivity index (χ1) is 8.61. The molecule has 0 aliphatic carbocycles. The Kier molecular flexibility index (Phi) is 5.74. The van der Waals surface area contributed by atoms with Gasteiger partial charge in [-0.3, -0.25) is 14.5 Å². The molecule has 1 aliphatic heterocycles. The highest BCUT2D eigenvalue weighted by atomic mass is 79.9. The second kappa shape index (κ2) is 6.85. The number of hydrogen-bond donors (Lipinski definition) is 2. The number of carbonyl (C=O) groups excluding carboxylic acids is 2. The highest BCUT2D eigenvalue weighted by Crippen LogP contribution is 2.22. The summed E-state index contributed by atoms with van der Waals surface area (Å²) in [6, 6.07) is 6.87. The van der Waals surface area contributed by atoms with Crippen LogP contribution in [-0.2, 0) is 11.4 Å². The zero-order valence-electron chi connectivity index (χ0n) is 10.1. The van der Waals surface area contributed by atoms with E-state index in [0.29, 0.717) is 35.0 Å². The van der Waals surface area contributed by atoms with Crippen molar-refractivity contribution < 1.29 is 26.6 Å². The summed E-state index contributed by atoms with van der Waals surface area (Å²) in [7, 11) is 0. The quantitative estimate of drug-likeness (QED) is 0.260. The molecule has 0 saturated carbocycles. The number of nitrogens with zero attached hydrogens (tertiary/aromatic N) is 1. The molecular formula is C12H14BrN3O2S. The van der Waals surface area contributed by atoms with E-state index in [1.165, 1.54) is 16.3 Å². The van der Waals surface area contributed by atoms with E-state index in [-0.39, 0.29) is 28.8 Å². The number of nitrogens with two attached hydrogens (primary N) is 2. The second-order valence-electron chi connectivity index (χ2n) is 3.91. The molecule has 0 unspecified atom stereocenters. The molecule has 0 fully saturated rings. The molecule has 0 atom stereocenters. The van der Waals surface area contributed by atoms with Gasteiger partial charge in [0.05, 0.1) is 11.1 Å². The zero-order valence-corrected chi connectivity index (χ0v) is 12.5. The van der Waals surface area contributed by atoms with Crippen LogP contribution in [0.3, 0.4) is 0 Å². The lowest BCUT2D eigenvalue weighted by Crippen LogP contribution is -3.00. The van der Waals surface area contributed by atoms with E-state index >= 15 is 0 Å². The minimum atomic E-state index is -0.217. The van der Waals surface area contributed by atoms with E-state index in [2.05, 4.69) is 0 Å². The summed E-state index contributed by atoms with van der Waals surface area (Å²) >= 11 is 1.32. The molecule has 4 N–H and O–H groups in total. The van der Waals surface area contributed by atoms with E-state index < -0.39 is 0 Å². The Morgan fingerprint density at radius 2 is 1.63 bits per heavy atom. The van der Waals surface area contributed by atoms with Gasteiger partial charge in [-0.2, -0.15) is 0 Å². The maximum Gasteiger partial charge on any atom is 0.314 e. The van der Waals surface area contributed by atoms with Crippen LogP contribution < -0.4 is 28.4 Å². The van der Waals surface area contributed by atoms with Crippen molar-refractivity contribution in [1.29, 1.82) is 0 Å². The van der Waals surface area contributed by atoms with Crippen LogP contribution in [0.15, 0.2) is 24.3 Å². The molecule has 1 heterocycles. The summed E-state index contributed by atoms with van der Waals surface area (Å²) in [6.45, 7) is 0.395. The molecule has 0 bridgehead atoms. The SMILES string of the molecule is NC(N)=[S+]CCCN1C(=O)c2ccccc2C1=O.[Br-]. The van der Waals surface area contributed by atoms with E-state index in [4.69, 9.17) is 11.5 Å². The topological polar surface area (TPSA) is 89.4 Å². The lowest BCUT2D eigenvalue weighted by atomic mass is 10.1. The van der Waals surface area contributed by atoms with E-state index in [9.17, 15) is 9.59 Å². The standard InChI is InChI=1S/C12H14N3O2S.BrH/c13-12(14)18-7-3-6-15-10(16)8-4-1-2-5-9(8)11(15)17;/h1-2,4-5H,3,6-7,13-14H2;1H/q+1;/p-1. The first-order valence-corrected chi connectivity index (χ1v) is 6.55. The van der Waals surface area contributed by atoms with Gasteiger partial charge in [-0.05, 0) is 12.1 Å². The fraction of sp³-hybridized carbons (Fsp3) is 0.250. The van der Waals surface area contributed by atoms with Gasteiger partial charge in [-0.1, -0.05) is 12.1 Å². The summed E-state index contributed by atoms with van der Waals surface area (Å²) in [5.74, 6) is 0.256. The third-order valence-corrected chi connectivity index (χ3v) is 3.50. The van der Waals surface area contributed by atoms with E-state index in [0.717, 1.165) is 0 Å². The number of halogens is 1. The fourth-order valence-electron chi connectivity index (χ4n) is 1.85. The van der Waals surface area contributed by atoms with Gasteiger partial charge < -0.3 is 17.0 Å². The molecule has 2 amide bonds. The van der Waals surface area contributed by atoms with Gasteiger partial charge >= 0.3 is 5.11 Å². The third-order valence-electron chi connectivity index (χ3n) is 2.67. The Balaban J connectivity index is 0.00000180. The minimum absolute atomic E-state index is 0. The third kappa shape index (κ3) is 3.44. The lowest BCUT2D eigenvalue weighted by Gasteiger charge is -2.11. The average Bonchev–Trinajstić information content (AvgIpc) is 2.59. The first kappa shape index (κ1) is 15.9. The van der Waals surface area contributed by atoms with Gasteiger partial charge in [0.2, 0.25) is 11.4 Å². The molecule has 5 nitrogen and oxygen atoms in total. The maximum atomic E-state index is 12.0. The van der Waals surface area contributed by atoms with Crippen LogP contribution in [0, 0.1) is 0 Å². The summed E-state index contributed by atoms with van der Waals surface area (Å²) in [4.78, 5) is 25.2. The fourth-order valence-corrected chi connectivity index (χ4v) is 2.36. The Labute approximate surface area is 125 Å². The Bertz CT molecular complexity index is 494. The number of fused-ring (bicyclic) bond motifs is 1. The number of benzene rings is 1. The van der Waals surface area contributed by atoms with Gasteiger partial charge in [0.1, 0.15) is 0 Å². The van der Waals surface area contributed by atoms with Crippen molar-refractivity contribution in [3.63, 3.8) is 0 Å². The minimum Gasteiger partial charge on any atom is -1.00 e. The van der Waals surface area contributed by atoms with Crippen molar-refractivity contribution in [2.45, 2.75) is 6.42 Å². The van der Waals surface area contributed by atoms with Gasteiger partial charge in [0, 0.05) is 13.0 Å². The van der Waals surface area contributed by atoms with Crippen LogP contribution in [0.2, 0.25) is 0 Å². The molecule has 0 radical (unpaired) electrons. The highest BCUT2D eigenvalue weighted by molar-refractivity contribution is 7.78. The lowest BCUT2D eigenvalue weighted by molar-refractivity contribution is -0.0000271. The molecule has 7 heteroatoms. The molecule has 1 aromatic carbocycles. The summed E-state index contributed by atoms with van der Waals surface area (Å²) < 4.78 is 0. The zero-order chi connectivity index (χ0) is 13.1. The van der Waals surface area contributed by atoms with Gasteiger partial charge in [-0.15, -0.1) is 0 Å². The summed E-state index contributed by atoms with van der Waals surface area (Å²) in [6.07, 6.45) is 0.675. The van der Waals surface area contributed by atoms with Crippen molar-refractivity contribution in [2.75, 3.05) is 12.3 Å². The molecule has 0 saturated heterocycles. The van der Waals surface area contributed by atoms with Crippen LogP contribution in [0.25, 0.3) is 0 Å². The number of amides is 2. The number of hydrogen-bond acceptors (Lipinski definition) is 2. The van der Waals surface area contributed by atoms with Crippen molar-refractivity contribution >= 4 is 28.3 Å². The molecule has 0 aromatic heterocycles. The van der Waals surface area contributed by atoms with Crippen molar-refractivity contribution in [3.05, 3.63) is 35.4 Å². The molecular weight excluding hydrogens is 330 g/mol. The van der Waals surface area contributed by atoms with Crippen molar-refractivity contribution in [1.82, 2.24) is 4.90 Å². The Morgan fingerprint density at radius 1 is 1.11 bits per heavy atom.